The number of hydrogen-bond donors (Lipinski definition) is 0. The van der Waals surface area contributed by atoms with E-state index >= 15 is 0 Å². The monoisotopic (exact) mass is 276 g/mol. The maximum atomic E-state index is 5.35. The minimum Gasteiger partial charge on any atom is -0.383 e. The molecule has 1 aromatic rings. The number of rotatable bonds is 3. The van der Waals surface area contributed by atoms with Gasteiger partial charge in [-0.25, -0.2) is 9.97 Å². The van der Waals surface area contributed by atoms with Crippen LogP contribution in [0.5, 0.6) is 0 Å². The molecule has 0 aromatic carbocycles. The number of piperidine rings is 1. The quantitative estimate of drug-likeness (QED) is 0.835. The SMILES string of the molecule is COC[C@@H]1CC2(CCN(c3ncccn3)CC2)CN1C. The van der Waals surface area contributed by atoms with Crippen LogP contribution < -0.4 is 4.90 Å². The topological polar surface area (TPSA) is 41.5 Å². The van der Waals surface area contributed by atoms with Crippen molar-refractivity contribution < 1.29 is 4.74 Å². The highest BCUT2D eigenvalue weighted by atomic mass is 16.5. The van der Waals surface area contributed by atoms with Crippen LogP contribution in [-0.4, -0.2) is 61.3 Å². The maximum Gasteiger partial charge on any atom is 0.225 e. The summed E-state index contributed by atoms with van der Waals surface area (Å²) in [7, 11) is 4.03. The van der Waals surface area contributed by atoms with E-state index in [2.05, 4.69) is 26.8 Å². The fraction of sp³-hybridized carbons (Fsp3) is 0.733. The summed E-state index contributed by atoms with van der Waals surface area (Å²) in [5.74, 6) is 0.877. The Morgan fingerprint density at radius 1 is 1.30 bits per heavy atom. The van der Waals surface area contributed by atoms with E-state index in [0.717, 1.165) is 25.6 Å². The van der Waals surface area contributed by atoms with Crippen LogP contribution in [0.4, 0.5) is 5.95 Å². The van der Waals surface area contributed by atoms with Gasteiger partial charge in [-0.1, -0.05) is 0 Å². The first-order valence-electron chi connectivity index (χ1n) is 7.44. The molecule has 3 heterocycles. The summed E-state index contributed by atoms with van der Waals surface area (Å²) in [5, 5.41) is 0. The first-order chi connectivity index (χ1) is 9.72. The summed E-state index contributed by atoms with van der Waals surface area (Å²) in [6.07, 6.45) is 7.38. The number of likely N-dealkylation sites (N-methyl/N-ethyl adjacent to an activating group) is 1. The highest BCUT2D eigenvalue weighted by molar-refractivity contribution is 5.29. The molecular weight excluding hydrogens is 252 g/mol. The molecule has 3 rings (SSSR count). The van der Waals surface area contributed by atoms with Crippen LogP contribution in [0.1, 0.15) is 19.3 Å². The number of methoxy groups -OCH3 is 1. The molecule has 0 N–H and O–H groups in total. The highest BCUT2D eigenvalue weighted by Crippen LogP contribution is 2.43. The van der Waals surface area contributed by atoms with Crippen molar-refractivity contribution in [3.63, 3.8) is 0 Å². The van der Waals surface area contributed by atoms with E-state index < -0.39 is 0 Å². The van der Waals surface area contributed by atoms with Crippen molar-refractivity contribution in [3.05, 3.63) is 18.5 Å². The van der Waals surface area contributed by atoms with E-state index in [1.165, 1.54) is 25.8 Å². The summed E-state index contributed by atoms with van der Waals surface area (Å²) in [6.45, 7) is 4.18. The molecule has 1 spiro atoms. The van der Waals surface area contributed by atoms with Gasteiger partial charge in [0.15, 0.2) is 0 Å². The maximum absolute atomic E-state index is 5.35. The zero-order valence-corrected chi connectivity index (χ0v) is 12.5. The number of anilines is 1. The van der Waals surface area contributed by atoms with Crippen molar-refractivity contribution in [2.45, 2.75) is 25.3 Å². The lowest BCUT2D eigenvalue weighted by atomic mass is 9.76. The van der Waals surface area contributed by atoms with Crippen molar-refractivity contribution in [2.24, 2.45) is 5.41 Å². The van der Waals surface area contributed by atoms with Crippen molar-refractivity contribution in [2.75, 3.05) is 45.3 Å². The van der Waals surface area contributed by atoms with Crippen LogP contribution in [-0.2, 0) is 4.74 Å². The number of hydrogen-bond acceptors (Lipinski definition) is 5. The molecule has 2 saturated heterocycles. The van der Waals surface area contributed by atoms with Gasteiger partial charge >= 0.3 is 0 Å². The third-order valence-corrected chi connectivity index (χ3v) is 4.89. The van der Waals surface area contributed by atoms with Gasteiger partial charge in [-0.15, -0.1) is 0 Å². The molecule has 0 amide bonds. The normalized spacial score (nSPS) is 26.3. The van der Waals surface area contributed by atoms with Gasteiger partial charge in [0, 0.05) is 45.2 Å². The van der Waals surface area contributed by atoms with Crippen molar-refractivity contribution in [3.8, 4) is 0 Å². The molecule has 2 aliphatic rings. The molecule has 0 aliphatic carbocycles. The fourth-order valence-corrected chi connectivity index (χ4v) is 3.75. The Morgan fingerprint density at radius 3 is 2.65 bits per heavy atom. The molecule has 20 heavy (non-hydrogen) atoms. The Balaban J connectivity index is 1.61. The average molecular weight is 276 g/mol. The van der Waals surface area contributed by atoms with Gasteiger partial charge in [-0.05, 0) is 37.8 Å². The second-order valence-corrected chi connectivity index (χ2v) is 6.26. The molecule has 1 atom stereocenters. The second-order valence-electron chi connectivity index (χ2n) is 6.26. The van der Waals surface area contributed by atoms with Crippen molar-refractivity contribution >= 4 is 5.95 Å². The summed E-state index contributed by atoms with van der Waals surface area (Å²) in [5.41, 5.74) is 0.475. The van der Waals surface area contributed by atoms with Gasteiger partial charge < -0.3 is 14.5 Å². The Labute approximate surface area is 121 Å². The van der Waals surface area contributed by atoms with E-state index in [1.54, 1.807) is 7.11 Å². The lowest BCUT2D eigenvalue weighted by molar-refractivity contribution is 0.129. The lowest BCUT2D eigenvalue weighted by Gasteiger charge is -2.39. The highest BCUT2D eigenvalue weighted by Gasteiger charge is 2.44. The average Bonchev–Trinajstić information content (AvgIpc) is 2.77. The fourth-order valence-electron chi connectivity index (χ4n) is 3.75. The molecule has 0 bridgehead atoms. The summed E-state index contributed by atoms with van der Waals surface area (Å²) < 4.78 is 5.35. The van der Waals surface area contributed by atoms with Gasteiger partial charge in [0.05, 0.1) is 6.61 Å². The van der Waals surface area contributed by atoms with Crippen LogP contribution in [0.3, 0.4) is 0 Å². The first-order valence-corrected chi connectivity index (χ1v) is 7.44. The molecule has 0 unspecified atom stereocenters. The van der Waals surface area contributed by atoms with Crippen LogP contribution in [0.15, 0.2) is 18.5 Å². The zero-order chi connectivity index (χ0) is 14.0. The third-order valence-electron chi connectivity index (χ3n) is 4.89. The van der Waals surface area contributed by atoms with Crippen molar-refractivity contribution in [1.82, 2.24) is 14.9 Å². The number of ether oxygens (including phenoxy) is 1. The van der Waals surface area contributed by atoms with Crippen LogP contribution >= 0.6 is 0 Å². The standard InChI is InChI=1S/C15H24N4O/c1-18-12-15(10-13(18)11-20-2)4-8-19(9-5-15)14-16-6-3-7-17-14/h3,6-7,13H,4-5,8-12H2,1-2H3/t13-/m0/s1. The molecule has 110 valence electrons. The van der Waals surface area contributed by atoms with E-state index in [9.17, 15) is 0 Å². The molecule has 5 heteroatoms. The Hall–Kier alpha value is -1.20. The largest absolute Gasteiger partial charge is 0.383 e. The number of aromatic nitrogens is 2. The Kier molecular flexibility index (Phi) is 3.89. The van der Waals surface area contributed by atoms with E-state index in [4.69, 9.17) is 4.74 Å². The summed E-state index contributed by atoms with van der Waals surface area (Å²) >= 11 is 0. The molecule has 2 fully saturated rings. The van der Waals surface area contributed by atoms with Gasteiger partial charge in [-0.3, -0.25) is 0 Å². The minimum atomic E-state index is 0.475. The molecule has 5 nitrogen and oxygen atoms in total. The zero-order valence-electron chi connectivity index (χ0n) is 12.5. The van der Waals surface area contributed by atoms with Crippen LogP contribution in [0, 0.1) is 5.41 Å². The first kappa shape index (κ1) is 13.8. The van der Waals surface area contributed by atoms with E-state index in [1.807, 2.05) is 18.5 Å². The van der Waals surface area contributed by atoms with Gasteiger partial charge in [0.25, 0.3) is 0 Å². The predicted molar refractivity (Wildman–Crippen MR) is 78.8 cm³/mol. The number of nitrogens with zero attached hydrogens (tertiary/aromatic N) is 4. The van der Waals surface area contributed by atoms with Gasteiger partial charge in [0.2, 0.25) is 5.95 Å². The van der Waals surface area contributed by atoms with E-state index in [-0.39, 0.29) is 0 Å². The molecule has 1 aromatic heterocycles. The lowest BCUT2D eigenvalue weighted by Crippen LogP contribution is -2.42. The van der Waals surface area contributed by atoms with Crippen LogP contribution in [0.2, 0.25) is 0 Å². The summed E-state index contributed by atoms with van der Waals surface area (Å²) in [6, 6.07) is 2.45. The van der Waals surface area contributed by atoms with Crippen molar-refractivity contribution in [1.29, 1.82) is 0 Å². The van der Waals surface area contributed by atoms with Gasteiger partial charge in [-0.2, -0.15) is 0 Å². The Bertz CT molecular complexity index is 431. The van der Waals surface area contributed by atoms with Gasteiger partial charge in [0.1, 0.15) is 0 Å². The molecule has 0 saturated carbocycles. The predicted octanol–water partition coefficient (Wildman–Crippen LogP) is 1.41. The second kappa shape index (κ2) is 5.66. The molecular formula is C15H24N4O. The van der Waals surface area contributed by atoms with E-state index in [0.29, 0.717) is 11.5 Å². The Morgan fingerprint density at radius 2 is 2.00 bits per heavy atom. The summed E-state index contributed by atoms with van der Waals surface area (Å²) in [4.78, 5) is 13.5. The molecule has 2 aliphatic heterocycles. The minimum absolute atomic E-state index is 0.475. The van der Waals surface area contributed by atoms with Crippen LogP contribution in [0.25, 0.3) is 0 Å². The third kappa shape index (κ3) is 2.65. The smallest absolute Gasteiger partial charge is 0.225 e. The number of likely N-dealkylation sites (tertiary alicyclic amines) is 1. The molecule has 0 radical (unpaired) electrons.